The molecule has 25 heavy (non-hydrogen) atoms. The molecule has 0 saturated carbocycles. The Morgan fingerprint density at radius 2 is 2.00 bits per heavy atom. The highest BCUT2D eigenvalue weighted by atomic mass is 32.2. The summed E-state index contributed by atoms with van der Waals surface area (Å²) in [6, 6.07) is 6.36. The number of carbonyl (C=O) groups is 2. The first kappa shape index (κ1) is 16.8. The van der Waals surface area contributed by atoms with Gasteiger partial charge in [-0.1, -0.05) is 17.0 Å². The summed E-state index contributed by atoms with van der Waals surface area (Å²) >= 11 is 1.26. The molecule has 0 unspecified atom stereocenters. The van der Waals surface area contributed by atoms with E-state index in [-0.39, 0.29) is 11.7 Å². The molecule has 128 valence electrons. The van der Waals surface area contributed by atoms with Gasteiger partial charge in [-0.15, -0.1) is 5.10 Å². The molecule has 0 atom stereocenters. The third-order valence-electron chi connectivity index (χ3n) is 3.36. The fourth-order valence-corrected chi connectivity index (χ4v) is 2.87. The van der Waals surface area contributed by atoms with Gasteiger partial charge in [0.1, 0.15) is 11.4 Å². The zero-order valence-electron chi connectivity index (χ0n) is 13.3. The van der Waals surface area contributed by atoms with E-state index in [0.29, 0.717) is 34.0 Å². The number of fused-ring (bicyclic) bond motifs is 1. The minimum atomic E-state index is -0.513. The molecule has 3 aromatic rings. The van der Waals surface area contributed by atoms with Gasteiger partial charge in [0.2, 0.25) is 11.8 Å². The average Bonchev–Trinajstić information content (AvgIpc) is 3.04. The van der Waals surface area contributed by atoms with E-state index >= 15 is 0 Å². The van der Waals surface area contributed by atoms with Crippen molar-refractivity contribution >= 4 is 40.4 Å². The molecule has 0 aliphatic heterocycles. The molecule has 0 saturated heterocycles. The van der Waals surface area contributed by atoms with Gasteiger partial charge in [0.25, 0.3) is 0 Å². The second-order valence-electron chi connectivity index (χ2n) is 5.03. The van der Waals surface area contributed by atoms with Gasteiger partial charge in [-0.3, -0.25) is 9.59 Å². The smallest absolute Gasteiger partial charge is 0.248 e. The van der Waals surface area contributed by atoms with E-state index in [2.05, 4.69) is 25.6 Å². The number of aromatic nitrogens is 5. The maximum atomic E-state index is 12.1. The average molecular weight is 357 g/mol. The quantitative estimate of drug-likeness (QED) is 0.498. The predicted octanol–water partition coefficient (Wildman–Crippen LogP) is 1.07. The lowest BCUT2D eigenvalue weighted by Crippen LogP contribution is -2.15. The number of thioether (sulfide) groups is 1. The van der Waals surface area contributed by atoms with E-state index in [9.17, 15) is 9.59 Å². The molecule has 10 heteroatoms. The van der Waals surface area contributed by atoms with E-state index in [1.54, 1.807) is 28.9 Å². The van der Waals surface area contributed by atoms with Gasteiger partial charge in [-0.2, -0.15) is 0 Å². The van der Waals surface area contributed by atoms with Gasteiger partial charge in [0.15, 0.2) is 11.2 Å². The molecule has 0 bridgehead atoms. The first-order valence-corrected chi connectivity index (χ1v) is 8.43. The Labute approximate surface area is 147 Å². The zero-order chi connectivity index (χ0) is 17.8. The lowest BCUT2D eigenvalue weighted by atomic mass is 10.2. The van der Waals surface area contributed by atoms with Gasteiger partial charge in [0, 0.05) is 17.8 Å². The van der Waals surface area contributed by atoms with Crippen LogP contribution in [-0.2, 0) is 11.3 Å². The van der Waals surface area contributed by atoms with Gasteiger partial charge in [0.05, 0.1) is 5.75 Å². The van der Waals surface area contributed by atoms with Crippen LogP contribution in [0.1, 0.15) is 17.3 Å². The highest BCUT2D eigenvalue weighted by Gasteiger charge is 2.13. The summed E-state index contributed by atoms with van der Waals surface area (Å²) in [5.74, 6) is -0.560. The van der Waals surface area contributed by atoms with Crippen molar-refractivity contribution in [1.82, 2.24) is 25.0 Å². The van der Waals surface area contributed by atoms with Crippen LogP contribution >= 0.6 is 11.8 Å². The largest absolute Gasteiger partial charge is 0.366 e. The number of anilines is 1. The Morgan fingerprint density at radius 3 is 2.68 bits per heavy atom. The molecular formula is C15H15N7O2S. The minimum Gasteiger partial charge on any atom is -0.366 e. The van der Waals surface area contributed by atoms with Crippen molar-refractivity contribution in [3.8, 4) is 0 Å². The maximum absolute atomic E-state index is 12.1. The summed E-state index contributed by atoms with van der Waals surface area (Å²) in [5, 5.41) is 11.4. The summed E-state index contributed by atoms with van der Waals surface area (Å²) in [6.45, 7) is 2.60. The van der Waals surface area contributed by atoms with E-state index in [1.807, 2.05) is 6.92 Å². The summed E-state index contributed by atoms with van der Waals surface area (Å²) < 4.78 is 1.67. The first-order chi connectivity index (χ1) is 12.1. The van der Waals surface area contributed by atoms with Crippen LogP contribution in [0.4, 0.5) is 5.69 Å². The Balaban J connectivity index is 1.64. The van der Waals surface area contributed by atoms with Gasteiger partial charge >= 0.3 is 0 Å². The summed E-state index contributed by atoms with van der Waals surface area (Å²) in [6.07, 6.45) is 1.43. The molecule has 0 aliphatic rings. The molecule has 3 rings (SSSR count). The Kier molecular flexibility index (Phi) is 4.89. The predicted molar refractivity (Wildman–Crippen MR) is 93.1 cm³/mol. The number of hydrogen-bond acceptors (Lipinski definition) is 7. The standard InChI is InChI=1S/C15H15N7O2S/c1-2-22-14-12(20-21-22)15(18-8-17-14)25-7-11(23)19-10-5-3-9(4-6-10)13(16)24/h3-6,8H,2,7H2,1H3,(H2,16,24)(H,19,23). The van der Waals surface area contributed by atoms with E-state index < -0.39 is 5.91 Å². The second-order valence-corrected chi connectivity index (χ2v) is 6.00. The van der Waals surface area contributed by atoms with Crippen LogP contribution in [0.3, 0.4) is 0 Å². The summed E-state index contributed by atoms with van der Waals surface area (Å²) in [5.41, 5.74) is 7.37. The normalized spacial score (nSPS) is 10.8. The highest BCUT2D eigenvalue weighted by Crippen LogP contribution is 2.22. The van der Waals surface area contributed by atoms with E-state index in [4.69, 9.17) is 5.73 Å². The molecule has 1 aromatic carbocycles. The highest BCUT2D eigenvalue weighted by molar-refractivity contribution is 8.00. The Bertz CT molecular complexity index is 923. The van der Waals surface area contributed by atoms with Crippen LogP contribution in [-0.4, -0.2) is 42.5 Å². The van der Waals surface area contributed by atoms with Crippen molar-refractivity contribution in [3.63, 3.8) is 0 Å². The topological polar surface area (TPSA) is 129 Å². The number of rotatable bonds is 6. The van der Waals surface area contributed by atoms with Crippen LogP contribution in [0.25, 0.3) is 11.2 Å². The number of nitrogens with two attached hydrogens (primary N) is 1. The van der Waals surface area contributed by atoms with Gasteiger partial charge < -0.3 is 11.1 Å². The van der Waals surface area contributed by atoms with Crippen molar-refractivity contribution < 1.29 is 9.59 Å². The molecule has 0 fully saturated rings. The van der Waals surface area contributed by atoms with Crippen molar-refractivity contribution in [2.24, 2.45) is 5.73 Å². The Hall–Kier alpha value is -3.01. The molecule has 0 aliphatic carbocycles. The lowest BCUT2D eigenvalue weighted by Gasteiger charge is -2.05. The van der Waals surface area contributed by atoms with Crippen molar-refractivity contribution in [3.05, 3.63) is 36.2 Å². The van der Waals surface area contributed by atoms with E-state index in [0.717, 1.165) is 0 Å². The number of aryl methyl sites for hydroxylation is 1. The summed E-state index contributed by atoms with van der Waals surface area (Å²) in [4.78, 5) is 31.5. The first-order valence-electron chi connectivity index (χ1n) is 7.45. The third kappa shape index (κ3) is 3.74. The number of nitrogens with one attached hydrogen (secondary N) is 1. The molecule has 2 amide bonds. The molecule has 0 radical (unpaired) electrons. The molecule has 3 N–H and O–H groups in total. The molecule has 2 aromatic heterocycles. The number of hydrogen-bond donors (Lipinski definition) is 2. The molecule has 2 heterocycles. The van der Waals surface area contributed by atoms with Gasteiger partial charge in [-0.25, -0.2) is 14.6 Å². The maximum Gasteiger partial charge on any atom is 0.248 e. The Morgan fingerprint density at radius 1 is 1.24 bits per heavy atom. The van der Waals surface area contributed by atoms with Crippen LogP contribution in [0.15, 0.2) is 35.6 Å². The SMILES string of the molecule is CCn1nnc2c(SCC(=O)Nc3ccc(C(N)=O)cc3)ncnc21. The van der Waals surface area contributed by atoms with Crippen molar-refractivity contribution in [1.29, 1.82) is 0 Å². The van der Waals surface area contributed by atoms with Crippen molar-refractivity contribution in [2.75, 3.05) is 11.1 Å². The summed E-state index contributed by atoms with van der Waals surface area (Å²) in [7, 11) is 0. The fourth-order valence-electron chi connectivity index (χ4n) is 2.14. The monoisotopic (exact) mass is 357 g/mol. The van der Waals surface area contributed by atoms with E-state index in [1.165, 1.54) is 18.1 Å². The molecule has 0 spiro atoms. The number of amides is 2. The minimum absolute atomic E-state index is 0.155. The number of carbonyl (C=O) groups excluding carboxylic acids is 2. The third-order valence-corrected chi connectivity index (χ3v) is 4.34. The number of primary amides is 1. The lowest BCUT2D eigenvalue weighted by molar-refractivity contribution is -0.113. The second kappa shape index (κ2) is 7.26. The van der Waals surface area contributed by atoms with Crippen molar-refractivity contribution in [2.45, 2.75) is 18.5 Å². The van der Waals surface area contributed by atoms with Crippen LogP contribution < -0.4 is 11.1 Å². The number of nitrogens with zero attached hydrogens (tertiary/aromatic N) is 5. The fraction of sp³-hybridized carbons (Fsp3) is 0.200. The van der Waals surface area contributed by atoms with Crippen LogP contribution in [0.2, 0.25) is 0 Å². The van der Waals surface area contributed by atoms with Crippen LogP contribution in [0.5, 0.6) is 0 Å². The zero-order valence-corrected chi connectivity index (χ0v) is 14.2. The molecule has 9 nitrogen and oxygen atoms in total. The number of benzene rings is 1. The molecular weight excluding hydrogens is 342 g/mol. The van der Waals surface area contributed by atoms with Crippen LogP contribution in [0, 0.1) is 0 Å². The van der Waals surface area contributed by atoms with Gasteiger partial charge in [-0.05, 0) is 31.2 Å².